The van der Waals surface area contributed by atoms with Gasteiger partial charge in [0.1, 0.15) is 0 Å². The van der Waals surface area contributed by atoms with E-state index in [0.29, 0.717) is 11.5 Å². The molecule has 2 unspecified atom stereocenters. The van der Waals surface area contributed by atoms with E-state index in [0.717, 1.165) is 5.56 Å². The standard InChI is InChI=1S/C14H20N2O5/c1-8(16-14(19)10(15)7-13(17)18)9-4-5-11(20-2)12(6-9)21-3/h4-6,8,10H,7,15H2,1-3H3,(H,16,19)(H,17,18). The van der Waals surface area contributed by atoms with Crippen molar-refractivity contribution in [1.29, 1.82) is 0 Å². The van der Waals surface area contributed by atoms with Gasteiger partial charge in [-0.25, -0.2) is 0 Å². The smallest absolute Gasteiger partial charge is 0.305 e. The first-order valence-electron chi connectivity index (χ1n) is 6.38. The van der Waals surface area contributed by atoms with Gasteiger partial charge in [-0.2, -0.15) is 0 Å². The second-order valence-electron chi connectivity index (χ2n) is 4.55. The third kappa shape index (κ3) is 4.64. The minimum Gasteiger partial charge on any atom is -0.493 e. The lowest BCUT2D eigenvalue weighted by molar-refractivity contribution is -0.139. The first-order chi connectivity index (χ1) is 9.88. The van der Waals surface area contributed by atoms with Crippen molar-refractivity contribution in [3.05, 3.63) is 23.8 Å². The Balaban J connectivity index is 2.77. The zero-order valence-electron chi connectivity index (χ0n) is 12.3. The molecule has 4 N–H and O–H groups in total. The second-order valence-corrected chi connectivity index (χ2v) is 4.55. The van der Waals surface area contributed by atoms with Gasteiger partial charge in [0, 0.05) is 0 Å². The van der Waals surface area contributed by atoms with E-state index in [2.05, 4.69) is 5.32 Å². The predicted octanol–water partition coefficient (Wildman–Crippen LogP) is 0.683. The molecule has 0 saturated heterocycles. The summed E-state index contributed by atoms with van der Waals surface area (Å²) >= 11 is 0. The van der Waals surface area contributed by atoms with Crippen LogP contribution in [0.3, 0.4) is 0 Å². The van der Waals surface area contributed by atoms with Crippen LogP contribution in [0.4, 0.5) is 0 Å². The molecular formula is C14H20N2O5. The van der Waals surface area contributed by atoms with Gasteiger partial charge < -0.3 is 25.6 Å². The monoisotopic (exact) mass is 296 g/mol. The summed E-state index contributed by atoms with van der Waals surface area (Å²) < 4.78 is 10.3. The fourth-order valence-corrected chi connectivity index (χ4v) is 1.81. The van der Waals surface area contributed by atoms with E-state index < -0.39 is 24.3 Å². The third-order valence-electron chi connectivity index (χ3n) is 3.00. The van der Waals surface area contributed by atoms with E-state index in [4.69, 9.17) is 20.3 Å². The Morgan fingerprint density at radius 1 is 1.29 bits per heavy atom. The Hall–Kier alpha value is -2.28. The van der Waals surface area contributed by atoms with Gasteiger partial charge in [-0.3, -0.25) is 9.59 Å². The molecule has 1 amide bonds. The summed E-state index contributed by atoms with van der Waals surface area (Å²) in [6, 6.07) is 3.84. The fourth-order valence-electron chi connectivity index (χ4n) is 1.81. The van der Waals surface area contributed by atoms with E-state index in [-0.39, 0.29) is 6.04 Å². The lowest BCUT2D eigenvalue weighted by Crippen LogP contribution is -2.42. The molecule has 0 aliphatic heterocycles. The molecule has 0 radical (unpaired) electrons. The van der Waals surface area contributed by atoms with Gasteiger partial charge in [0.15, 0.2) is 11.5 Å². The fraction of sp³-hybridized carbons (Fsp3) is 0.429. The van der Waals surface area contributed by atoms with E-state index in [1.54, 1.807) is 25.1 Å². The second kappa shape index (κ2) is 7.49. The number of carbonyl (C=O) groups excluding carboxylic acids is 1. The van der Waals surface area contributed by atoms with Gasteiger partial charge in [-0.15, -0.1) is 0 Å². The number of carboxylic acids is 1. The van der Waals surface area contributed by atoms with Gasteiger partial charge >= 0.3 is 5.97 Å². The lowest BCUT2D eigenvalue weighted by atomic mass is 10.1. The summed E-state index contributed by atoms with van der Waals surface area (Å²) in [6.07, 6.45) is -0.412. The van der Waals surface area contributed by atoms with Gasteiger partial charge in [0.2, 0.25) is 5.91 Å². The molecule has 0 spiro atoms. The third-order valence-corrected chi connectivity index (χ3v) is 3.00. The van der Waals surface area contributed by atoms with Crippen LogP contribution in [-0.4, -0.2) is 37.2 Å². The van der Waals surface area contributed by atoms with Gasteiger partial charge in [-0.05, 0) is 24.6 Å². The number of ether oxygens (including phenoxy) is 2. The number of methoxy groups -OCH3 is 2. The molecule has 7 heteroatoms. The molecule has 1 aromatic rings. The summed E-state index contributed by atoms with van der Waals surface area (Å²) in [5.74, 6) is -0.496. The van der Waals surface area contributed by atoms with Gasteiger partial charge in [0.25, 0.3) is 0 Å². The molecule has 1 rings (SSSR count). The number of aliphatic carboxylic acids is 1. The summed E-state index contributed by atoms with van der Waals surface area (Å²) in [7, 11) is 3.06. The number of rotatable bonds is 7. The molecule has 0 aliphatic carbocycles. The van der Waals surface area contributed by atoms with Crippen molar-refractivity contribution in [2.45, 2.75) is 25.4 Å². The van der Waals surface area contributed by atoms with Gasteiger partial charge in [0.05, 0.1) is 32.7 Å². The van der Waals surface area contributed by atoms with E-state index in [9.17, 15) is 9.59 Å². The molecule has 2 atom stereocenters. The Morgan fingerprint density at radius 3 is 2.43 bits per heavy atom. The van der Waals surface area contributed by atoms with Crippen LogP contribution in [0, 0.1) is 0 Å². The topological polar surface area (TPSA) is 111 Å². The highest BCUT2D eigenvalue weighted by Crippen LogP contribution is 2.29. The Labute approximate surface area is 123 Å². The molecule has 0 heterocycles. The van der Waals surface area contributed by atoms with Crippen LogP contribution in [0.5, 0.6) is 11.5 Å². The van der Waals surface area contributed by atoms with Crippen LogP contribution in [0.2, 0.25) is 0 Å². The average molecular weight is 296 g/mol. The molecule has 0 aromatic heterocycles. The lowest BCUT2D eigenvalue weighted by Gasteiger charge is -2.18. The maximum atomic E-state index is 11.8. The van der Waals surface area contributed by atoms with Crippen molar-refractivity contribution in [2.24, 2.45) is 5.73 Å². The highest BCUT2D eigenvalue weighted by molar-refractivity contribution is 5.86. The summed E-state index contributed by atoms with van der Waals surface area (Å²) in [5.41, 5.74) is 6.30. The highest BCUT2D eigenvalue weighted by atomic mass is 16.5. The molecule has 7 nitrogen and oxygen atoms in total. The van der Waals surface area contributed by atoms with Crippen LogP contribution in [-0.2, 0) is 9.59 Å². The highest BCUT2D eigenvalue weighted by Gasteiger charge is 2.19. The number of benzene rings is 1. The first-order valence-corrected chi connectivity index (χ1v) is 6.38. The van der Waals surface area contributed by atoms with Crippen molar-refractivity contribution in [3.63, 3.8) is 0 Å². The van der Waals surface area contributed by atoms with Crippen LogP contribution >= 0.6 is 0 Å². The molecule has 0 fully saturated rings. The number of carboxylic acid groups (broad SMARTS) is 1. The minimum absolute atomic E-state index is 0.336. The molecule has 1 aromatic carbocycles. The van der Waals surface area contributed by atoms with Gasteiger partial charge in [-0.1, -0.05) is 6.07 Å². The average Bonchev–Trinajstić information content (AvgIpc) is 2.45. The number of nitrogens with two attached hydrogens (primary N) is 1. The molecular weight excluding hydrogens is 276 g/mol. The quantitative estimate of drug-likeness (QED) is 0.682. The minimum atomic E-state index is -1.11. The Kier molecular flexibility index (Phi) is 5.98. The number of nitrogens with one attached hydrogen (secondary N) is 1. The summed E-state index contributed by atoms with van der Waals surface area (Å²) in [5, 5.41) is 11.3. The van der Waals surface area contributed by atoms with Crippen LogP contribution in [0.1, 0.15) is 24.9 Å². The normalized spacial score (nSPS) is 13.1. The first kappa shape index (κ1) is 16.8. The number of carbonyl (C=O) groups is 2. The number of amides is 1. The van der Waals surface area contributed by atoms with E-state index in [1.807, 2.05) is 0 Å². The van der Waals surface area contributed by atoms with Crippen molar-refractivity contribution >= 4 is 11.9 Å². The largest absolute Gasteiger partial charge is 0.493 e. The van der Waals surface area contributed by atoms with Crippen LogP contribution in [0.25, 0.3) is 0 Å². The zero-order chi connectivity index (χ0) is 16.0. The maximum absolute atomic E-state index is 11.8. The molecule has 0 bridgehead atoms. The van der Waals surface area contributed by atoms with Crippen molar-refractivity contribution in [3.8, 4) is 11.5 Å². The Bertz CT molecular complexity index is 518. The predicted molar refractivity (Wildman–Crippen MR) is 76.3 cm³/mol. The van der Waals surface area contributed by atoms with E-state index >= 15 is 0 Å². The number of hydrogen-bond acceptors (Lipinski definition) is 5. The molecule has 116 valence electrons. The number of hydrogen-bond donors (Lipinski definition) is 3. The summed E-state index contributed by atoms with van der Waals surface area (Å²) in [6.45, 7) is 1.77. The Morgan fingerprint density at radius 2 is 1.90 bits per heavy atom. The zero-order valence-corrected chi connectivity index (χ0v) is 12.3. The van der Waals surface area contributed by atoms with E-state index in [1.165, 1.54) is 14.2 Å². The molecule has 0 aliphatic rings. The SMILES string of the molecule is COc1ccc(C(C)NC(=O)C(N)CC(=O)O)cc1OC. The van der Waals surface area contributed by atoms with Crippen LogP contribution < -0.4 is 20.5 Å². The molecule has 0 saturated carbocycles. The molecule has 21 heavy (non-hydrogen) atoms. The van der Waals surface area contributed by atoms with Crippen molar-refractivity contribution in [1.82, 2.24) is 5.32 Å². The summed E-state index contributed by atoms with van der Waals surface area (Å²) in [4.78, 5) is 22.3. The van der Waals surface area contributed by atoms with Crippen molar-refractivity contribution < 1.29 is 24.2 Å². The van der Waals surface area contributed by atoms with Crippen molar-refractivity contribution in [2.75, 3.05) is 14.2 Å². The maximum Gasteiger partial charge on any atom is 0.305 e. The van der Waals surface area contributed by atoms with Crippen LogP contribution in [0.15, 0.2) is 18.2 Å².